The number of fused-ring (bicyclic) bond motifs is 3. The van der Waals surface area contributed by atoms with Gasteiger partial charge in [-0.05, 0) is 137 Å². The summed E-state index contributed by atoms with van der Waals surface area (Å²) in [5.74, 6) is 0. The predicted molar refractivity (Wildman–Crippen MR) is 305 cm³/mol. The van der Waals surface area contributed by atoms with E-state index in [2.05, 4.69) is 275 Å². The van der Waals surface area contributed by atoms with Crippen LogP contribution in [0.4, 0.5) is 17.1 Å². The smallest absolute Gasteiger partial charge is 0.0543 e. The maximum atomic E-state index is 2.55. The van der Waals surface area contributed by atoms with Crippen LogP contribution < -0.4 is 4.90 Å². The molecule has 0 atom stereocenters. The Bertz CT molecular complexity index is 3710. The first-order valence-corrected chi connectivity index (χ1v) is 25.3. The highest BCUT2D eigenvalue weighted by molar-refractivity contribution is 6.27. The van der Waals surface area contributed by atoms with Gasteiger partial charge in [0.15, 0.2) is 0 Å². The minimum atomic E-state index is -0.0809. The Morgan fingerprint density at radius 2 is 0.800 bits per heavy atom. The summed E-state index contributed by atoms with van der Waals surface area (Å²) in [5.41, 5.74) is 17.2. The van der Waals surface area contributed by atoms with E-state index in [0.29, 0.717) is 0 Å². The molecule has 11 aromatic rings. The van der Waals surface area contributed by atoms with Crippen LogP contribution in [0, 0.1) is 0 Å². The van der Waals surface area contributed by atoms with Gasteiger partial charge in [-0.25, -0.2) is 0 Å². The number of anilines is 3. The lowest BCUT2D eigenvalue weighted by Crippen LogP contribution is -2.16. The minimum absolute atomic E-state index is 0.0140. The minimum Gasteiger partial charge on any atom is -0.309 e. The second kappa shape index (κ2) is 16.2. The van der Waals surface area contributed by atoms with Crippen molar-refractivity contribution in [2.45, 2.75) is 105 Å². The van der Waals surface area contributed by atoms with E-state index in [1.165, 1.54) is 104 Å². The molecule has 0 radical (unpaired) electrons. The van der Waals surface area contributed by atoms with E-state index in [4.69, 9.17) is 0 Å². The molecule has 11 rings (SSSR count). The van der Waals surface area contributed by atoms with Crippen LogP contribution in [0.25, 0.3) is 82.1 Å². The number of benzene rings is 10. The third-order valence-electron chi connectivity index (χ3n) is 15.0. The van der Waals surface area contributed by atoms with Crippen molar-refractivity contribution in [1.82, 2.24) is 4.57 Å². The highest BCUT2D eigenvalue weighted by Crippen LogP contribution is 2.50. The largest absolute Gasteiger partial charge is 0.309 e. The second-order valence-electron chi connectivity index (χ2n) is 23.9. The number of hydrogen-bond donors (Lipinski definition) is 0. The van der Waals surface area contributed by atoms with Crippen LogP contribution in [0.2, 0.25) is 0 Å². The van der Waals surface area contributed by atoms with E-state index in [-0.39, 0.29) is 21.7 Å². The lowest BCUT2D eigenvalue weighted by atomic mass is 9.84. The Hall–Kier alpha value is -7.16. The molecule has 0 aliphatic carbocycles. The van der Waals surface area contributed by atoms with Gasteiger partial charge in [0.2, 0.25) is 0 Å². The molecule has 0 N–H and O–H groups in total. The molecule has 1 heterocycles. The summed E-state index contributed by atoms with van der Waals surface area (Å²) in [6, 6.07) is 69.5. The molecule has 0 aliphatic heterocycles. The summed E-state index contributed by atoms with van der Waals surface area (Å²) in [6.45, 7) is 27.8. The summed E-state index contributed by atoms with van der Waals surface area (Å²) in [6.07, 6.45) is 0. The average molecular weight is 911 g/mol. The van der Waals surface area contributed by atoms with Gasteiger partial charge in [0.05, 0.1) is 28.1 Å². The molecule has 0 saturated heterocycles. The first-order valence-electron chi connectivity index (χ1n) is 25.3. The summed E-state index contributed by atoms with van der Waals surface area (Å²) in [4.78, 5) is 2.55. The van der Waals surface area contributed by atoms with Gasteiger partial charge in [-0.1, -0.05) is 210 Å². The van der Waals surface area contributed by atoms with Gasteiger partial charge in [-0.3, -0.25) is 0 Å². The van der Waals surface area contributed by atoms with Gasteiger partial charge in [0.25, 0.3) is 0 Å². The first-order chi connectivity index (χ1) is 33.3. The Morgan fingerprint density at radius 1 is 0.329 bits per heavy atom. The van der Waals surface area contributed by atoms with Crippen LogP contribution in [0.3, 0.4) is 0 Å². The number of aromatic nitrogens is 1. The van der Waals surface area contributed by atoms with Gasteiger partial charge in [0, 0.05) is 32.8 Å². The molecule has 0 saturated carbocycles. The van der Waals surface area contributed by atoms with Crippen molar-refractivity contribution < 1.29 is 0 Å². The van der Waals surface area contributed by atoms with Gasteiger partial charge >= 0.3 is 0 Å². The third-order valence-corrected chi connectivity index (χ3v) is 15.0. The highest BCUT2D eigenvalue weighted by atomic mass is 15.1. The molecule has 70 heavy (non-hydrogen) atoms. The van der Waals surface area contributed by atoms with Crippen molar-refractivity contribution in [2.75, 3.05) is 4.90 Å². The molecule has 348 valence electrons. The zero-order chi connectivity index (χ0) is 49.1. The Kier molecular flexibility index (Phi) is 10.5. The fraction of sp³-hybridized carbons (Fsp3) is 0.235. The molecule has 2 heteroatoms. The van der Waals surface area contributed by atoms with Crippen LogP contribution in [0.15, 0.2) is 182 Å². The standard InChI is InChI=1S/C68H66N2/c1-65(2,3)46-26-31-50(32-27-46)69(62-42-49(68(10,11)12)28-35-53(62)52-21-17-16-20-51(52)43-18-14-13-15-19-43)58-36-24-44-23-34-55-59(37-25-45-22-33-54(58)63(44)64(45)55)70-60-38-29-47(66(4,5)6)40-56(60)57-41-48(67(7,8)9)30-39-61(57)70/h13-42H,1-12H3. The van der Waals surface area contributed by atoms with Crippen LogP contribution in [0.5, 0.6) is 0 Å². The number of hydrogen-bond acceptors (Lipinski definition) is 1. The molecule has 0 fully saturated rings. The van der Waals surface area contributed by atoms with Crippen LogP contribution in [-0.4, -0.2) is 4.57 Å². The molecule has 2 nitrogen and oxygen atoms in total. The molecule has 0 amide bonds. The predicted octanol–water partition coefficient (Wildman–Crippen LogP) is 19.7. The van der Waals surface area contributed by atoms with Gasteiger partial charge in [-0.15, -0.1) is 0 Å². The average Bonchev–Trinajstić information content (AvgIpc) is 3.66. The summed E-state index contributed by atoms with van der Waals surface area (Å²) in [7, 11) is 0. The van der Waals surface area contributed by atoms with Gasteiger partial charge < -0.3 is 9.47 Å². The molecular weight excluding hydrogens is 845 g/mol. The molecule has 0 spiro atoms. The maximum absolute atomic E-state index is 2.55. The lowest BCUT2D eigenvalue weighted by Gasteiger charge is -2.32. The summed E-state index contributed by atoms with van der Waals surface area (Å²) < 4.78 is 2.54. The van der Waals surface area contributed by atoms with E-state index >= 15 is 0 Å². The SMILES string of the molecule is CC(C)(C)c1ccc(N(c2cc(C(C)(C)C)ccc2-c2ccccc2-c2ccccc2)c2ccc3ccc4c(-n5c6ccc(C(C)(C)C)cc6c6cc(C(C)(C)C)ccc65)ccc5ccc2c3c54)cc1. The van der Waals surface area contributed by atoms with Crippen molar-refractivity contribution in [2.24, 2.45) is 0 Å². The van der Waals surface area contributed by atoms with Crippen LogP contribution in [0.1, 0.15) is 105 Å². The van der Waals surface area contributed by atoms with Crippen molar-refractivity contribution >= 4 is 71.2 Å². The Labute approximate surface area is 415 Å². The van der Waals surface area contributed by atoms with E-state index in [1.54, 1.807) is 0 Å². The maximum Gasteiger partial charge on any atom is 0.0543 e. The van der Waals surface area contributed by atoms with Crippen LogP contribution >= 0.6 is 0 Å². The van der Waals surface area contributed by atoms with E-state index in [0.717, 1.165) is 17.1 Å². The zero-order valence-electron chi connectivity index (χ0n) is 43.2. The second-order valence-corrected chi connectivity index (χ2v) is 23.9. The van der Waals surface area contributed by atoms with E-state index in [1.807, 2.05) is 0 Å². The highest BCUT2D eigenvalue weighted by Gasteiger charge is 2.27. The molecule has 1 aromatic heterocycles. The molecule has 0 unspecified atom stereocenters. The first kappa shape index (κ1) is 45.3. The quantitative estimate of drug-likeness (QED) is 0.151. The molecule has 0 aliphatic rings. The van der Waals surface area contributed by atoms with Crippen molar-refractivity contribution in [1.29, 1.82) is 0 Å². The monoisotopic (exact) mass is 911 g/mol. The normalized spacial score (nSPS) is 12.9. The fourth-order valence-corrected chi connectivity index (χ4v) is 10.9. The lowest BCUT2D eigenvalue weighted by molar-refractivity contribution is 0.590. The fourth-order valence-electron chi connectivity index (χ4n) is 10.9. The molecule has 0 bridgehead atoms. The summed E-state index contributed by atoms with van der Waals surface area (Å²) in [5, 5.41) is 10.1. The van der Waals surface area contributed by atoms with Crippen LogP contribution in [-0.2, 0) is 21.7 Å². The van der Waals surface area contributed by atoms with Gasteiger partial charge in [0.1, 0.15) is 0 Å². The van der Waals surface area contributed by atoms with E-state index < -0.39 is 0 Å². The Balaban J connectivity index is 1.20. The number of nitrogens with zero attached hydrogens (tertiary/aromatic N) is 2. The molecule has 10 aromatic carbocycles. The zero-order valence-corrected chi connectivity index (χ0v) is 43.2. The number of rotatable bonds is 6. The van der Waals surface area contributed by atoms with Crippen molar-refractivity contribution in [3.05, 3.63) is 204 Å². The van der Waals surface area contributed by atoms with Crippen molar-refractivity contribution in [3.63, 3.8) is 0 Å². The summed E-state index contributed by atoms with van der Waals surface area (Å²) >= 11 is 0. The van der Waals surface area contributed by atoms with E-state index in [9.17, 15) is 0 Å². The van der Waals surface area contributed by atoms with Gasteiger partial charge in [-0.2, -0.15) is 0 Å². The molecular formula is C68H66N2. The Morgan fingerprint density at radius 3 is 1.39 bits per heavy atom. The van der Waals surface area contributed by atoms with Crippen molar-refractivity contribution in [3.8, 4) is 27.9 Å². The topological polar surface area (TPSA) is 8.17 Å². The third kappa shape index (κ3) is 7.64.